The van der Waals surface area contributed by atoms with E-state index in [1.54, 1.807) is 11.0 Å². The van der Waals surface area contributed by atoms with Crippen LogP contribution in [0.15, 0.2) is 6.33 Å². The highest BCUT2D eigenvalue weighted by molar-refractivity contribution is 7.71. The molecule has 0 aliphatic carbocycles. The lowest BCUT2D eigenvalue weighted by Crippen LogP contribution is -2.40. The van der Waals surface area contributed by atoms with Crippen molar-refractivity contribution < 1.29 is 9.53 Å². The van der Waals surface area contributed by atoms with Crippen molar-refractivity contribution in [2.24, 2.45) is 13.0 Å². The third kappa shape index (κ3) is 3.42. The number of aryl methyl sites for hydroxylation is 1. The fourth-order valence-electron chi connectivity index (χ4n) is 2.34. The summed E-state index contributed by atoms with van der Waals surface area (Å²) in [5.74, 6) is -0.108. The van der Waals surface area contributed by atoms with Gasteiger partial charge in [0.25, 0.3) is 0 Å². The molecule has 0 saturated carbocycles. The number of rotatable bonds is 4. The molecule has 6 nitrogen and oxygen atoms in total. The molecule has 0 aromatic carbocycles. The van der Waals surface area contributed by atoms with Crippen LogP contribution in [0.5, 0.6) is 0 Å². The minimum Gasteiger partial charge on any atom is -0.466 e. The molecule has 0 bridgehead atoms. The minimum absolute atomic E-state index is 0.0217. The van der Waals surface area contributed by atoms with E-state index in [1.165, 1.54) is 0 Å². The molecule has 1 aromatic rings. The van der Waals surface area contributed by atoms with Gasteiger partial charge in [0.2, 0.25) is 0 Å². The van der Waals surface area contributed by atoms with E-state index in [-0.39, 0.29) is 11.9 Å². The van der Waals surface area contributed by atoms with Gasteiger partial charge in [-0.2, -0.15) is 5.10 Å². The van der Waals surface area contributed by atoms with Crippen molar-refractivity contribution in [1.82, 2.24) is 19.2 Å². The molecule has 1 aromatic heterocycles. The van der Waals surface area contributed by atoms with Gasteiger partial charge in [-0.05, 0) is 38.5 Å². The molecule has 7 heteroatoms. The van der Waals surface area contributed by atoms with Gasteiger partial charge in [-0.3, -0.25) is 9.69 Å². The smallest absolute Gasteiger partial charge is 0.310 e. The number of hydrogen-bond acceptors (Lipinski definition) is 5. The van der Waals surface area contributed by atoms with Gasteiger partial charge < -0.3 is 9.30 Å². The second-order valence-corrected chi connectivity index (χ2v) is 5.20. The molecule has 1 saturated heterocycles. The summed E-state index contributed by atoms with van der Waals surface area (Å²) >= 11 is 5.26. The molecule has 19 heavy (non-hydrogen) atoms. The van der Waals surface area contributed by atoms with Gasteiger partial charge in [-0.25, -0.2) is 4.68 Å². The monoisotopic (exact) mass is 284 g/mol. The van der Waals surface area contributed by atoms with E-state index in [4.69, 9.17) is 17.0 Å². The van der Waals surface area contributed by atoms with E-state index in [2.05, 4.69) is 10.00 Å². The fraction of sp³-hybridized carbons (Fsp3) is 0.750. The Morgan fingerprint density at radius 3 is 3.05 bits per heavy atom. The molecule has 0 radical (unpaired) electrons. The fourth-order valence-corrected chi connectivity index (χ4v) is 2.50. The third-order valence-corrected chi connectivity index (χ3v) is 3.84. The number of piperidine rings is 1. The Bertz CT molecular complexity index is 496. The van der Waals surface area contributed by atoms with Gasteiger partial charge >= 0.3 is 5.97 Å². The number of ether oxygens (including phenoxy) is 1. The largest absolute Gasteiger partial charge is 0.466 e. The Balaban J connectivity index is 1.96. The highest BCUT2D eigenvalue weighted by Crippen LogP contribution is 2.18. The molecule has 1 fully saturated rings. The summed E-state index contributed by atoms with van der Waals surface area (Å²) in [6, 6.07) is 0. The van der Waals surface area contributed by atoms with Crippen LogP contribution in [0.25, 0.3) is 0 Å². The SMILES string of the molecule is CCOC(=O)[C@H]1CCCN(Cn2ncn(C)c2=S)C1. The van der Waals surface area contributed by atoms with E-state index < -0.39 is 0 Å². The van der Waals surface area contributed by atoms with Crippen molar-refractivity contribution in [1.29, 1.82) is 0 Å². The molecular weight excluding hydrogens is 264 g/mol. The molecule has 0 amide bonds. The highest BCUT2D eigenvalue weighted by atomic mass is 32.1. The molecule has 1 aliphatic rings. The maximum absolute atomic E-state index is 11.8. The van der Waals surface area contributed by atoms with E-state index in [0.29, 0.717) is 18.0 Å². The molecule has 0 unspecified atom stereocenters. The number of hydrogen-bond donors (Lipinski definition) is 0. The predicted molar refractivity (Wildman–Crippen MR) is 73.0 cm³/mol. The van der Waals surface area contributed by atoms with Crippen LogP contribution in [-0.4, -0.2) is 44.9 Å². The lowest BCUT2D eigenvalue weighted by Gasteiger charge is -2.31. The van der Waals surface area contributed by atoms with Crippen LogP contribution in [0.3, 0.4) is 0 Å². The predicted octanol–water partition coefficient (Wildman–Crippen LogP) is 1.18. The number of carbonyl (C=O) groups excluding carboxylic acids is 1. The van der Waals surface area contributed by atoms with Gasteiger partial charge in [0, 0.05) is 13.6 Å². The molecule has 1 atom stereocenters. The summed E-state index contributed by atoms with van der Waals surface area (Å²) in [4.78, 5) is 14.0. The lowest BCUT2D eigenvalue weighted by molar-refractivity contribution is -0.150. The molecule has 2 rings (SSSR count). The number of aromatic nitrogens is 3. The van der Waals surface area contributed by atoms with E-state index in [9.17, 15) is 4.79 Å². The average molecular weight is 284 g/mol. The maximum Gasteiger partial charge on any atom is 0.310 e. The molecule has 2 heterocycles. The number of nitrogens with zero attached hydrogens (tertiary/aromatic N) is 4. The van der Waals surface area contributed by atoms with Crippen LogP contribution in [0.4, 0.5) is 0 Å². The summed E-state index contributed by atoms with van der Waals surface area (Å²) in [6.07, 6.45) is 3.61. The molecule has 0 spiro atoms. The Hall–Kier alpha value is -1.21. The average Bonchev–Trinajstić information content (AvgIpc) is 2.71. The zero-order chi connectivity index (χ0) is 13.8. The van der Waals surface area contributed by atoms with Crippen LogP contribution in [-0.2, 0) is 23.2 Å². The Labute approximate surface area is 118 Å². The first kappa shape index (κ1) is 14.2. The Kier molecular flexibility index (Phi) is 4.71. The zero-order valence-corrected chi connectivity index (χ0v) is 12.2. The first-order valence-corrected chi connectivity index (χ1v) is 7.00. The van der Waals surface area contributed by atoms with Crippen LogP contribution >= 0.6 is 12.2 Å². The van der Waals surface area contributed by atoms with Crippen molar-refractivity contribution in [3.63, 3.8) is 0 Å². The van der Waals surface area contributed by atoms with Gasteiger partial charge in [0.1, 0.15) is 6.33 Å². The van der Waals surface area contributed by atoms with E-state index in [0.717, 1.165) is 25.9 Å². The van der Waals surface area contributed by atoms with Crippen molar-refractivity contribution in [2.45, 2.75) is 26.4 Å². The number of carbonyl (C=O) groups is 1. The van der Waals surface area contributed by atoms with Crippen molar-refractivity contribution in [3.8, 4) is 0 Å². The Morgan fingerprint density at radius 1 is 1.63 bits per heavy atom. The molecule has 106 valence electrons. The van der Waals surface area contributed by atoms with Crippen molar-refractivity contribution in [3.05, 3.63) is 11.1 Å². The van der Waals surface area contributed by atoms with Gasteiger partial charge in [0.15, 0.2) is 4.77 Å². The summed E-state index contributed by atoms with van der Waals surface area (Å²) in [5, 5.41) is 4.23. The Morgan fingerprint density at radius 2 is 2.42 bits per heavy atom. The van der Waals surface area contributed by atoms with Crippen LogP contribution in [0.1, 0.15) is 19.8 Å². The highest BCUT2D eigenvalue weighted by Gasteiger charge is 2.27. The van der Waals surface area contributed by atoms with E-state index in [1.807, 2.05) is 18.5 Å². The second-order valence-electron chi connectivity index (χ2n) is 4.83. The van der Waals surface area contributed by atoms with E-state index >= 15 is 0 Å². The number of likely N-dealkylation sites (tertiary alicyclic amines) is 1. The van der Waals surface area contributed by atoms with Gasteiger partial charge in [0.05, 0.1) is 19.2 Å². The summed E-state index contributed by atoms with van der Waals surface area (Å²) in [5.41, 5.74) is 0. The van der Waals surface area contributed by atoms with Crippen LogP contribution < -0.4 is 0 Å². The first-order valence-electron chi connectivity index (χ1n) is 6.59. The first-order chi connectivity index (χ1) is 9.11. The van der Waals surface area contributed by atoms with Crippen LogP contribution in [0, 0.1) is 10.7 Å². The summed E-state index contributed by atoms with van der Waals surface area (Å²) in [6.45, 7) is 4.60. The minimum atomic E-state index is -0.0863. The standard InChI is InChI=1S/C12H20N4O2S/c1-3-18-11(17)10-5-4-6-15(7-10)9-16-12(19)14(2)8-13-16/h8,10H,3-7,9H2,1-2H3/t10-/m0/s1. The maximum atomic E-state index is 11.8. The summed E-state index contributed by atoms with van der Waals surface area (Å²) in [7, 11) is 1.88. The lowest BCUT2D eigenvalue weighted by atomic mass is 9.99. The summed E-state index contributed by atoms with van der Waals surface area (Å²) < 4.78 is 9.38. The number of esters is 1. The quantitative estimate of drug-likeness (QED) is 0.614. The molecule has 1 aliphatic heterocycles. The van der Waals surface area contributed by atoms with Crippen molar-refractivity contribution in [2.75, 3.05) is 19.7 Å². The van der Waals surface area contributed by atoms with Crippen LogP contribution in [0.2, 0.25) is 0 Å². The normalized spacial score (nSPS) is 20.4. The second kappa shape index (κ2) is 6.29. The molecular formula is C12H20N4O2S. The third-order valence-electron chi connectivity index (χ3n) is 3.35. The van der Waals surface area contributed by atoms with Gasteiger partial charge in [-0.15, -0.1) is 0 Å². The van der Waals surface area contributed by atoms with Crippen molar-refractivity contribution >= 4 is 18.2 Å². The zero-order valence-electron chi connectivity index (χ0n) is 11.4. The van der Waals surface area contributed by atoms with Gasteiger partial charge in [-0.1, -0.05) is 0 Å². The molecule has 0 N–H and O–H groups in total. The topological polar surface area (TPSA) is 52.3 Å².